The van der Waals surface area contributed by atoms with Gasteiger partial charge in [-0.15, -0.1) is 0 Å². The van der Waals surface area contributed by atoms with E-state index < -0.39 is 60.8 Å². The third-order valence-electron chi connectivity index (χ3n) is 3.82. The molecule has 3 unspecified atom stereocenters. The molecule has 9 N–H and O–H groups in total. The van der Waals surface area contributed by atoms with E-state index in [2.05, 4.69) is 28.6 Å². The van der Waals surface area contributed by atoms with E-state index in [4.69, 9.17) is 21.7 Å². The molecule has 0 aliphatic rings. The van der Waals surface area contributed by atoms with E-state index in [0.717, 1.165) is 0 Å². The molecule has 0 aliphatic heterocycles. The smallest absolute Gasteiger partial charge is 0.322 e. The van der Waals surface area contributed by atoms with Gasteiger partial charge in [0.1, 0.15) is 18.6 Å². The normalized spacial score (nSPS) is 13.6. The van der Waals surface area contributed by atoms with E-state index in [0.29, 0.717) is 25.8 Å². The summed E-state index contributed by atoms with van der Waals surface area (Å²) in [5, 5.41) is 24.3. The topological polar surface area (TPSA) is 214 Å². The van der Waals surface area contributed by atoms with Crippen LogP contribution in [0.4, 0.5) is 0 Å². The Bertz CT molecular complexity index is 590. The molecule has 0 aliphatic carbocycles. The van der Waals surface area contributed by atoms with Crippen LogP contribution in [0.25, 0.3) is 0 Å². The maximum absolute atomic E-state index is 12.5. The minimum Gasteiger partial charge on any atom is -0.481 e. The third kappa shape index (κ3) is 11.9. The van der Waals surface area contributed by atoms with Gasteiger partial charge in [-0.3, -0.25) is 24.0 Å². The average Bonchev–Trinajstić information content (AvgIpc) is 2.66. The lowest BCUT2D eigenvalue weighted by Crippen LogP contribution is -2.56. The largest absolute Gasteiger partial charge is 0.481 e. The van der Waals surface area contributed by atoms with Crippen molar-refractivity contribution in [3.63, 3.8) is 0 Å². The van der Waals surface area contributed by atoms with Gasteiger partial charge in [-0.2, -0.15) is 12.6 Å². The van der Waals surface area contributed by atoms with Crippen molar-refractivity contribution < 1.29 is 34.2 Å². The van der Waals surface area contributed by atoms with E-state index in [-0.39, 0.29) is 12.2 Å². The summed E-state index contributed by atoms with van der Waals surface area (Å²) < 4.78 is 0. The standard InChI is InChI=1S/C16H29N5O7S/c17-6-2-1-3-9(18)14(26)20-10(4-5-12(22)23)16(28)21-11(8-29)15(27)19-7-13(24)25/h9-11,29H,1-8,17-18H2,(H,19,27)(H,20,26)(H,21,28)(H,22,23)(H,24,25). The number of hydrogen-bond acceptors (Lipinski definition) is 8. The zero-order chi connectivity index (χ0) is 22.4. The number of carbonyl (C=O) groups is 5. The highest BCUT2D eigenvalue weighted by molar-refractivity contribution is 7.80. The lowest BCUT2D eigenvalue weighted by atomic mass is 10.1. The molecular formula is C16H29N5O7S. The highest BCUT2D eigenvalue weighted by Crippen LogP contribution is 2.03. The van der Waals surface area contributed by atoms with E-state index in [1.807, 2.05) is 0 Å². The first kappa shape index (κ1) is 26.6. The number of aliphatic carboxylic acids is 2. The fraction of sp³-hybridized carbons (Fsp3) is 0.688. The van der Waals surface area contributed by atoms with Gasteiger partial charge in [0.05, 0.1) is 6.04 Å². The number of hydrogen-bond donors (Lipinski definition) is 8. The first-order chi connectivity index (χ1) is 13.6. The molecule has 0 spiro atoms. The van der Waals surface area contributed by atoms with Crippen molar-refractivity contribution in [2.45, 2.75) is 50.2 Å². The minimum absolute atomic E-state index is 0.143. The second-order valence-electron chi connectivity index (χ2n) is 6.24. The molecular weight excluding hydrogens is 406 g/mol. The summed E-state index contributed by atoms with van der Waals surface area (Å²) >= 11 is 3.94. The summed E-state index contributed by atoms with van der Waals surface area (Å²) in [5.74, 6) is -4.80. The van der Waals surface area contributed by atoms with Crippen LogP contribution in [0.2, 0.25) is 0 Å². The SMILES string of the molecule is NCCCCC(N)C(=O)NC(CCC(=O)O)C(=O)NC(CS)C(=O)NCC(=O)O. The lowest BCUT2D eigenvalue weighted by molar-refractivity contribution is -0.138. The lowest BCUT2D eigenvalue weighted by Gasteiger charge is -2.23. The number of carbonyl (C=O) groups excluding carboxylic acids is 3. The predicted molar refractivity (Wildman–Crippen MR) is 106 cm³/mol. The highest BCUT2D eigenvalue weighted by atomic mass is 32.1. The van der Waals surface area contributed by atoms with Crippen LogP contribution < -0.4 is 27.4 Å². The third-order valence-corrected chi connectivity index (χ3v) is 4.18. The minimum atomic E-state index is -1.27. The molecule has 0 aromatic carbocycles. The van der Waals surface area contributed by atoms with Crippen molar-refractivity contribution in [1.29, 1.82) is 0 Å². The number of carboxylic acid groups (broad SMARTS) is 2. The summed E-state index contributed by atoms with van der Waals surface area (Å²) in [6.07, 6.45) is 1.00. The Morgan fingerprint density at radius 2 is 1.48 bits per heavy atom. The Morgan fingerprint density at radius 1 is 0.862 bits per heavy atom. The van der Waals surface area contributed by atoms with Gasteiger partial charge in [-0.25, -0.2) is 0 Å². The van der Waals surface area contributed by atoms with Gasteiger partial charge >= 0.3 is 11.9 Å². The van der Waals surface area contributed by atoms with Gasteiger partial charge in [-0.05, 0) is 25.8 Å². The van der Waals surface area contributed by atoms with Crippen molar-refractivity contribution in [3.05, 3.63) is 0 Å². The van der Waals surface area contributed by atoms with Gasteiger partial charge < -0.3 is 37.6 Å². The molecule has 0 heterocycles. The van der Waals surface area contributed by atoms with Gasteiger partial charge in [0.2, 0.25) is 17.7 Å². The van der Waals surface area contributed by atoms with Crippen molar-refractivity contribution in [3.8, 4) is 0 Å². The Kier molecular flexibility index (Phi) is 13.4. The molecule has 0 aromatic heterocycles. The van der Waals surface area contributed by atoms with Crippen LogP contribution >= 0.6 is 12.6 Å². The van der Waals surface area contributed by atoms with Crippen LogP contribution in [0, 0.1) is 0 Å². The molecule has 12 nitrogen and oxygen atoms in total. The van der Waals surface area contributed by atoms with Crippen molar-refractivity contribution in [2.75, 3.05) is 18.8 Å². The van der Waals surface area contributed by atoms with Crippen LogP contribution in [-0.4, -0.2) is 76.8 Å². The molecule has 0 fully saturated rings. The Hall–Kier alpha value is -2.38. The van der Waals surface area contributed by atoms with Gasteiger partial charge in [0.15, 0.2) is 0 Å². The molecule has 0 radical (unpaired) electrons. The van der Waals surface area contributed by atoms with Gasteiger partial charge in [-0.1, -0.05) is 6.42 Å². The molecule has 3 atom stereocenters. The van der Waals surface area contributed by atoms with Gasteiger partial charge in [0.25, 0.3) is 0 Å². The van der Waals surface area contributed by atoms with Crippen LogP contribution in [0.3, 0.4) is 0 Å². The zero-order valence-corrected chi connectivity index (χ0v) is 16.8. The van der Waals surface area contributed by atoms with E-state index in [1.165, 1.54) is 0 Å². The Balaban J connectivity index is 5.00. The Labute approximate surface area is 173 Å². The molecule has 166 valence electrons. The first-order valence-corrected chi connectivity index (χ1v) is 9.64. The predicted octanol–water partition coefficient (Wildman–Crippen LogP) is -2.59. The van der Waals surface area contributed by atoms with Crippen LogP contribution in [0.5, 0.6) is 0 Å². The van der Waals surface area contributed by atoms with Crippen LogP contribution in [-0.2, 0) is 24.0 Å². The molecule has 0 saturated heterocycles. The quantitative estimate of drug-likeness (QED) is 0.0998. The number of rotatable bonds is 15. The average molecular weight is 436 g/mol. The van der Waals surface area contributed by atoms with Crippen LogP contribution in [0.1, 0.15) is 32.1 Å². The molecule has 0 saturated carbocycles. The molecule has 0 aromatic rings. The van der Waals surface area contributed by atoms with E-state index >= 15 is 0 Å². The fourth-order valence-electron chi connectivity index (χ4n) is 2.21. The number of nitrogens with one attached hydrogen (secondary N) is 3. The second kappa shape index (κ2) is 14.6. The number of nitrogens with two attached hydrogens (primary N) is 2. The fourth-order valence-corrected chi connectivity index (χ4v) is 2.46. The molecule has 0 bridgehead atoms. The van der Waals surface area contributed by atoms with Crippen molar-refractivity contribution in [1.82, 2.24) is 16.0 Å². The summed E-state index contributed by atoms with van der Waals surface area (Å²) in [5.41, 5.74) is 11.2. The molecule has 0 rings (SSSR count). The molecule has 29 heavy (non-hydrogen) atoms. The second-order valence-corrected chi connectivity index (χ2v) is 6.60. The van der Waals surface area contributed by atoms with Crippen molar-refractivity contribution >= 4 is 42.3 Å². The number of thiol groups is 1. The van der Waals surface area contributed by atoms with Crippen LogP contribution in [0.15, 0.2) is 0 Å². The maximum atomic E-state index is 12.5. The summed E-state index contributed by atoms with van der Waals surface area (Å²) in [6.45, 7) is -0.192. The van der Waals surface area contributed by atoms with E-state index in [1.54, 1.807) is 0 Å². The molecule has 13 heteroatoms. The number of amides is 3. The summed E-state index contributed by atoms with van der Waals surface area (Å²) in [4.78, 5) is 58.0. The Morgan fingerprint density at radius 3 is 2.00 bits per heavy atom. The summed E-state index contributed by atoms with van der Waals surface area (Å²) in [6, 6.07) is -3.32. The maximum Gasteiger partial charge on any atom is 0.322 e. The van der Waals surface area contributed by atoms with E-state index in [9.17, 15) is 24.0 Å². The number of unbranched alkanes of at least 4 members (excludes halogenated alkanes) is 1. The first-order valence-electron chi connectivity index (χ1n) is 9.00. The summed E-state index contributed by atoms with van der Waals surface area (Å²) in [7, 11) is 0. The highest BCUT2D eigenvalue weighted by Gasteiger charge is 2.28. The molecule has 3 amide bonds. The van der Waals surface area contributed by atoms with Gasteiger partial charge in [0, 0.05) is 12.2 Å². The monoisotopic (exact) mass is 435 g/mol. The van der Waals surface area contributed by atoms with Crippen molar-refractivity contribution in [2.24, 2.45) is 11.5 Å². The number of carboxylic acids is 2. The zero-order valence-electron chi connectivity index (χ0n) is 15.9.